The van der Waals surface area contributed by atoms with Crippen LogP contribution in [0, 0.1) is 0 Å². The van der Waals surface area contributed by atoms with Crippen LogP contribution in [0.15, 0.2) is 30.3 Å². The number of likely N-dealkylation sites (N-methyl/N-ethyl adjacent to an activating group) is 1. The van der Waals surface area contributed by atoms with Gasteiger partial charge in [0.1, 0.15) is 0 Å². The number of carbonyl (C=O) groups is 1. The third-order valence-corrected chi connectivity index (χ3v) is 3.94. The van der Waals surface area contributed by atoms with Crippen LogP contribution in [-0.2, 0) is 11.2 Å². The predicted octanol–water partition coefficient (Wildman–Crippen LogP) is 1.11. The molecule has 1 fully saturated rings. The van der Waals surface area contributed by atoms with E-state index in [-0.39, 0.29) is 11.9 Å². The monoisotopic (exact) mass is 275 g/mol. The average Bonchev–Trinajstić information content (AvgIpc) is 2.70. The minimum Gasteiger partial charge on any atom is -0.340 e. The number of hydrogen-bond donors (Lipinski definition) is 1. The summed E-state index contributed by atoms with van der Waals surface area (Å²) < 4.78 is 0. The van der Waals surface area contributed by atoms with Crippen molar-refractivity contribution in [1.29, 1.82) is 0 Å². The highest BCUT2D eigenvalue weighted by Gasteiger charge is 2.22. The molecule has 1 aliphatic heterocycles. The number of nitrogens with zero attached hydrogens (tertiary/aromatic N) is 2. The van der Waals surface area contributed by atoms with E-state index in [1.54, 1.807) is 0 Å². The third-order valence-electron chi connectivity index (χ3n) is 3.94. The van der Waals surface area contributed by atoms with Crippen molar-refractivity contribution in [2.75, 3.05) is 33.2 Å². The van der Waals surface area contributed by atoms with Crippen LogP contribution in [0.3, 0.4) is 0 Å². The second-order valence-corrected chi connectivity index (χ2v) is 5.61. The molecule has 0 aliphatic carbocycles. The molecule has 2 rings (SSSR count). The summed E-state index contributed by atoms with van der Waals surface area (Å²) >= 11 is 0. The highest BCUT2D eigenvalue weighted by Crippen LogP contribution is 2.08. The van der Waals surface area contributed by atoms with Crippen LogP contribution in [0.5, 0.6) is 0 Å². The van der Waals surface area contributed by atoms with Gasteiger partial charge < -0.3 is 15.5 Å². The first-order chi connectivity index (χ1) is 9.66. The van der Waals surface area contributed by atoms with E-state index in [9.17, 15) is 4.79 Å². The summed E-state index contributed by atoms with van der Waals surface area (Å²) in [5.74, 6) is 0.108. The Kier molecular flexibility index (Phi) is 5.56. The first-order valence-corrected chi connectivity index (χ1v) is 7.43. The largest absolute Gasteiger partial charge is 0.340 e. The summed E-state index contributed by atoms with van der Waals surface area (Å²) in [6, 6.07) is 9.83. The van der Waals surface area contributed by atoms with E-state index >= 15 is 0 Å². The van der Waals surface area contributed by atoms with Gasteiger partial charge in [0.2, 0.25) is 5.91 Å². The molecule has 0 bridgehead atoms. The van der Waals surface area contributed by atoms with Crippen LogP contribution in [0.4, 0.5) is 0 Å². The fraction of sp³-hybridized carbons (Fsp3) is 0.562. The zero-order valence-electron chi connectivity index (χ0n) is 12.3. The Morgan fingerprint density at radius 1 is 1.20 bits per heavy atom. The molecular formula is C16H25N3O. The van der Waals surface area contributed by atoms with Gasteiger partial charge in [-0.1, -0.05) is 30.3 Å². The summed E-state index contributed by atoms with van der Waals surface area (Å²) in [7, 11) is 2.10. The molecule has 1 heterocycles. The summed E-state index contributed by atoms with van der Waals surface area (Å²) in [6.45, 7) is 3.64. The summed E-state index contributed by atoms with van der Waals surface area (Å²) in [4.78, 5) is 16.6. The van der Waals surface area contributed by atoms with Crippen LogP contribution in [0.25, 0.3) is 0 Å². The molecule has 0 spiro atoms. The van der Waals surface area contributed by atoms with Gasteiger partial charge in [-0.3, -0.25) is 4.79 Å². The van der Waals surface area contributed by atoms with Crippen molar-refractivity contribution < 1.29 is 4.79 Å². The van der Waals surface area contributed by atoms with Crippen molar-refractivity contribution in [1.82, 2.24) is 9.80 Å². The maximum absolute atomic E-state index is 12.4. The highest BCUT2D eigenvalue weighted by molar-refractivity contribution is 5.81. The number of rotatable bonds is 4. The third kappa shape index (κ3) is 4.32. The topological polar surface area (TPSA) is 49.6 Å². The van der Waals surface area contributed by atoms with E-state index in [4.69, 9.17) is 5.73 Å². The summed E-state index contributed by atoms with van der Waals surface area (Å²) in [5.41, 5.74) is 7.32. The molecular weight excluding hydrogens is 250 g/mol. The quantitative estimate of drug-likeness (QED) is 0.895. The second kappa shape index (κ2) is 7.41. The highest BCUT2D eigenvalue weighted by atomic mass is 16.2. The van der Waals surface area contributed by atoms with Crippen molar-refractivity contribution in [3.8, 4) is 0 Å². The van der Waals surface area contributed by atoms with Crippen LogP contribution < -0.4 is 5.73 Å². The normalized spacial score (nSPS) is 18.6. The first-order valence-electron chi connectivity index (χ1n) is 7.43. The molecule has 0 saturated carbocycles. The van der Waals surface area contributed by atoms with E-state index in [0.29, 0.717) is 0 Å². The van der Waals surface area contributed by atoms with Gasteiger partial charge in [0, 0.05) is 19.6 Å². The number of amides is 1. The van der Waals surface area contributed by atoms with Crippen molar-refractivity contribution in [2.24, 2.45) is 5.73 Å². The number of nitrogens with two attached hydrogens (primary N) is 1. The smallest absolute Gasteiger partial charge is 0.239 e. The molecule has 1 aromatic rings. The number of benzene rings is 1. The molecule has 4 nitrogen and oxygen atoms in total. The first kappa shape index (κ1) is 15.0. The van der Waals surface area contributed by atoms with E-state index in [1.165, 1.54) is 5.56 Å². The molecule has 0 aromatic heterocycles. The lowest BCUT2D eigenvalue weighted by molar-refractivity contribution is -0.132. The molecule has 1 amide bonds. The van der Waals surface area contributed by atoms with Crippen LogP contribution in [0.1, 0.15) is 18.4 Å². The molecule has 20 heavy (non-hydrogen) atoms. The molecule has 1 unspecified atom stereocenters. The van der Waals surface area contributed by atoms with E-state index in [2.05, 4.69) is 24.1 Å². The standard InChI is InChI=1S/C16H25N3O/c1-18-10-5-11-19(13-12-18)16(20)15(17)9-8-14-6-3-2-4-7-14/h2-4,6-7,15H,5,8-13,17H2,1H3. The minimum absolute atomic E-state index is 0.108. The lowest BCUT2D eigenvalue weighted by Gasteiger charge is -2.24. The Morgan fingerprint density at radius 3 is 2.70 bits per heavy atom. The molecule has 4 heteroatoms. The Balaban J connectivity index is 1.82. The maximum atomic E-state index is 12.4. The van der Waals surface area contributed by atoms with Crippen molar-refractivity contribution in [3.63, 3.8) is 0 Å². The van der Waals surface area contributed by atoms with Gasteiger partial charge in [0.15, 0.2) is 0 Å². The molecule has 110 valence electrons. The summed E-state index contributed by atoms with van der Waals surface area (Å²) in [6.07, 6.45) is 2.62. The second-order valence-electron chi connectivity index (χ2n) is 5.61. The zero-order valence-corrected chi connectivity index (χ0v) is 12.3. The fourth-order valence-corrected chi connectivity index (χ4v) is 2.59. The molecule has 1 atom stereocenters. The molecule has 1 saturated heterocycles. The minimum atomic E-state index is -0.376. The lowest BCUT2D eigenvalue weighted by atomic mass is 10.0. The van der Waals surface area contributed by atoms with Crippen molar-refractivity contribution >= 4 is 5.91 Å². The Bertz CT molecular complexity index is 421. The van der Waals surface area contributed by atoms with Gasteiger partial charge in [0.25, 0.3) is 0 Å². The SMILES string of the molecule is CN1CCCN(C(=O)C(N)CCc2ccccc2)CC1. The fourth-order valence-electron chi connectivity index (χ4n) is 2.59. The Labute approximate surface area is 121 Å². The summed E-state index contributed by atoms with van der Waals surface area (Å²) in [5, 5.41) is 0. The molecule has 1 aliphatic rings. The van der Waals surface area contributed by atoms with Gasteiger partial charge in [-0.15, -0.1) is 0 Å². The van der Waals surface area contributed by atoms with Crippen LogP contribution >= 0.6 is 0 Å². The van der Waals surface area contributed by atoms with Gasteiger partial charge in [-0.25, -0.2) is 0 Å². The van der Waals surface area contributed by atoms with Gasteiger partial charge in [-0.2, -0.15) is 0 Å². The lowest BCUT2D eigenvalue weighted by Crippen LogP contribution is -2.45. The average molecular weight is 275 g/mol. The Morgan fingerprint density at radius 2 is 1.95 bits per heavy atom. The number of aryl methyl sites for hydroxylation is 1. The number of hydrogen-bond acceptors (Lipinski definition) is 3. The van der Waals surface area contributed by atoms with Crippen LogP contribution in [-0.4, -0.2) is 55.0 Å². The van der Waals surface area contributed by atoms with E-state index in [0.717, 1.165) is 45.4 Å². The van der Waals surface area contributed by atoms with Gasteiger partial charge >= 0.3 is 0 Å². The molecule has 2 N–H and O–H groups in total. The maximum Gasteiger partial charge on any atom is 0.239 e. The van der Waals surface area contributed by atoms with Crippen molar-refractivity contribution in [3.05, 3.63) is 35.9 Å². The predicted molar refractivity (Wildman–Crippen MR) is 81.4 cm³/mol. The Hall–Kier alpha value is -1.39. The van der Waals surface area contributed by atoms with Crippen molar-refractivity contribution in [2.45, 2.75) is 25.3 Å². The zero-order chi connectivity index (χ0) is 14.4. The van der Waals surface area contributed by atoms with Gasteiger partial charge in [-0.05, 0) is 38.4 Å². The molecule has 0 radical (unpaired) electrons. The number of carbonyl (C=O) groups excluding carboxylic acids is 1. The van der Waals surface area contributed by atoms with E-state index in [1.807, 2.05) is 23.1 Å². The van der Waals surface area contributed by atoms with Crippen LogP contribution in [0.2, 0.25) is 0 Å². The van der Waals surface area contributed by atoms with E-state index < -0.39 is 0 Å². The van der Waals surface area contributed by atoms with Gasteiger partial charge in [0.05, 0.1) is 6.04 Å². The molecule has 1 aromatic carbocycles.